The second-order valence-corrected chi connectivity index (χ2v) is 5.89. The zero-order valence-corrected chi connectivity index (χ0v) is 13.2. The molecule has 0 saturated carbocycles. The maximum absolute atomic E-state index is 13.4. The van der Waals surface area contributed by atoms with Crippen molar-refractivity contribution in [1.29, 1.82) is 0 Å². The van der Waals surface area contributed by atoms with Crippen LogP contribution in [0.3, 0.4) is 0 Å². The van der Waals surface area contributed by atoms with Gasteiger partial charge in [-0.15, -0.1) is 0 Å². The first-order valence-corrected chi connectivity index (χ1v) is 7.29. The molecule has 1 unspecified atom stereocenters. The van der Waals surface area contributed by atoms with Gasteiger partial charge < -0.3 is 10.5 Å². The average Bonchev–Trinajstić information content (AvgIpc) is 2.37. The van der Waals surface area contributed by atoms with E-state index in [1.807, 2.05) is 31.2 Å². The summed E-state index contributed by atoms with van der Waals surface area (Å²) in [6, 6.07) is 10.4. The average molecular weight is 359 g/mol. The highest BCUT2D eigenvalue weighted by molar-refractivity contribution is 9.10. The molecule has 0 heterocycles. The molecule has 0 bridgehead atoms. The predicted molar refractivity (Wildman–Crippen MR) is 83.0 cm³/mol. The van der Waals surface area contributed by atoms with Crippen LogP contribution in [0.4, 0.5) is 4.39 Å². The van der Waals surface area contributed by atoms with E-state index >= 15 is 0 Å². The molecule has 0 saturated heterocycles. The van der Waals surface area contributed by atoms with Gasteiger partial charge in [-0.25, -0.2) is 4.39 Å². The highest BCUT2D eigenvalue weighted by Crippen LogP contribution is 2.33. The monoisotopic (exact) mass is 357 g/mol. The van der Waals surface area contributed by atoms with Crippen molar-refractivity contribution in [3.63, 3.8) is 0 Å². The van der Waals surface area contributed by atoms with E-state index in [1.54, 1.807) is 0 Å². The van der Waals surface area contributed by atoms with Crippen molar-refractivity contribution in [3.05, 3.63) is 57.3 Å². The van der Waals surface area contributed by atoms with Crippen molar-refractivity contribution in [2.45, 2.75) is 19.4 Å². The van der Waals surface area contributed by atoms with Crippen LogP contribution in [0, 0.1) is 5.82 Å². The first-order valence-electron chi connectivity index (χ1n) is 6.12. The number of ether oxygens (including phenoxy) is 1. The summed E-state index contributed by atoms with van der Waals surface area (Å²) in [5.74, 6) is 0.492. The number of rotatable bonds is 4. The Labute approximate surface area is 130 Å². The fourth-order valence-electron chi connectivity index (χ4n) is 1.77. The van der Waals surface area contributed by atoms with Crippen LogP contribution in [-0.4, -0.2) is 6.04 Å². The van der Waals surface area contributed by atoms with Crippen molar-refractivity contribution < 1.29 is 9.13 Å². The summed E-state index contributed by atoms with van der Waals surface area (Å²) in [6.45, 7) is 1.96. The van der Waals surface area contributed by atoms with E-state index in [0.29, 0.717) is 16.0 Å². The standard InChI is InChI=1S/C15H14BrClFNO/c1-9(19)6-10-2-4-11(5-3-10)20-15-8-14(18)13(17)7-12(15)16/h2-5,7-9H,6,19H2,1H3. The van der Waals surface area contributed by atoms with Crippen LogP contribution in [0.2, 0.25) is 5.02 Å². The van der Waals surface area contributed by atoms with Crippen molar-refractivity contribution in [3.8, 4) is 11.5 Å². The lowest BCUT2D eigenvalue weighted by Crippen LogP contribution is -2.17. The van der Waals surface area contributed by atoms with Crippen LogP contribution in [-0.2, 0) is 6.42 Å². The number of nitrogens with two attached hydrogens (primary N) is 1. The SMILES string of the molecule is CC(N)Cc1ccc(Oc2cc(F)c(Cl)cc2Br)cc1. The summed E-state index contributed by atoms with van der Waals surface area (Å²) in [6.07, 6.45) is 0.805. The Kier molecular flexibility index (Phi) is 5.02. The molecule has 0 aliphatic heterocycles. The fourth-order valence-corrected chi connectivity index (χ4v) is 2.49. The molecule has 2 aromatic carbocycles. The van der Waals surface area contributed by atoms with Gasteiger partial charge in [0.05, 0.1) is 9.50 Å². The van der Waals surface area contributed by atoms with Crippen LogP contribution in [0.1, 0.15) is 12.5 Å². The van der Waals surface area contributed by atoms with E-state index in [1.165, 1.54) is 12.1 Å². The number of benzene rings is 2. The van der Waals surface area contributed by atoms with Gasteiger partial charge >= 0.3 is 0 Å². The summed E-state index contributed by atoms with van der Waals surface area (Å²) in [5, 5.41) is 0.0523. The molecule has 2 N–H and O–H groups in total. The molecule has 0 spiro atoms. The van der Waals surface area contributed by atoms with Gasteiger partial charge in [0, 0.05) is 12.1 Å². The Hall–Kier alpha value is -1.10. The van der Waals surface area contributed by atoms with Gasteiger partial charge in [0.1, 0.15) is 17.3 Å². The molecule has 106 valence electrons. The van der Waals surface area contributed by atoms with Gasteiger partial charge in [0.25, 0.3) is 0 Å². The van der Waals surface area contributed by atoms with Crippen LogP contribution in [0.5, 0.6) is 11.5 Å². The Morgan fingerprint density at radius 3 is 2.55 bits per heavy atom. The molecule has 2 aromatic rings. The minimum atomic E-state index is -0.515. The van der Waals surface area contributed by atoms with Crippen LogP contribution < -0.4 is 10.5 Å². The summed E-state index contributed by atoms with van der Waals surface area (Å²) < 4.78 is 19.7. The molecule has 0 aliphatic rings. The molecule has 0 amide bonds. The summed E-state index contributed by atoms with van der Waals surface area (Å²) >= 11 is 8.98. The highest BCUT2D eigenvalue weighted by Gasteiger charge is 2.09. The summed E-state index contributed by atoms with van der Waals surface area (Å²) in [5.41, 5.74) is 6.88. The Morgan fingerprint density at radius 1 is 1.30 bits per heavy atom. The van der Waals surface area contributed by atoms with Crippen LogP contribution in [0.25, 0.3) is 0 Å². The molecule has 0 radical (unpaired) electrons. The number of halogens is 3. The molecule has 5 heteroatoms. The second kappa shape index (κ2) is 6.57. The maximum Gasteiger partial charge on any atom is 0.145 e. The lowest BCUT2D eigenvalue weighted by molar-refractivity contribution is 0.473. The van der Waals surface area contributed by atoms with Crippen molar-refractivity contribution >= 4 is 27.5 Å². The minimum absolute atomic E-state index is 0.0523. The third-order valence-electron chi connectivity index (χ3n) is 2.68. The van der Waals surface area contributed by atoms with E-state index in [-0.39, 0.29) is 11.1 Å². The van der Waals surface area contributed by atoms with Gasteiger partial charge in [-0.1, -0.05) is 23.7 Å². The third-order valence-corrected chi connectivity index (χ3v) is 3.59. The molecule has 1 atom stereocenters. The minimum Gasteiger partial charge on any atom is -0.456 e. The predicted octanol–water partition coefficient (Wildman–Crippen LogP) is 4.92. The zero-order valence-electron chi connectivity index (χ0n) is 10.9. The molecular formula is C15H14BrClFNO. The van der Waals surface area contributed by atoms with Crippen LogP contribution >= 0.6 is 27.5 Å². The van der Waals surface area contributed by atoms with E-state index in [2.05, 4.69) is 15.9 Å². The molecule has 20 heavy (non-hydrogen) atoms. The smallest absolute Gasteiger partial charge is 0.145 e. The third kappa shape index (κ3) is 3.95. The molecular weight excluding hydrogens is 345 g/mol. The second-order valence-electron chi connectivity index (χ2n) is 4.62. The van der Waals surface area contributed by atoms with Gasteiger partial charge in [-0.3, -0.25) is 0 Å². The summed E-state index contributed by atoms with van der Waals surface area (Å²) in [4.78, 5) is 0. The largest absolute Gasteiger partial charge is 0.456 e. The van der Waals surface area contributed by atoms with E-state index in [4.69, 9.17) is 22.1 Å². The zero-order chi connectivity index (χ0) is 14.7. The van der Waals surface area contributed by atoms with Gasteiger partial charge in [0.2, 0.25) is 0 Å². The normalized spacial score (nSPS) is 12.2. The van der Waals surface area contributed by atoms with Gasteiger partial charge in [-0.2, -0.15) is 0 Å². The van der Waals surface area contributed by atoms with Crippen molar-refractivity contribution in [1.82, 2.24) is 0 Å². The maximum atomic E-state index is 13.4. The quantitative estimate of drug-likeness (QED) is 0.787. The first-order chi connectivity index (χ1) is 9.45. The molecule has 0 fully saturated rings. The summed E-state index contributed by atoms with van der Waals surface area (Å²) in [7, 11) is 0. The van der Waals surface area contributed by atoms with Crippen LogP contribution in [0.15, 0.2) is 40.9 Å². The van der Waals surface area contributed by atoms with Gasteiger partial charge in [0.15, 0.2) is 0 Å². The van der Waals surface area contributed by atoms with Crippen molar-refractivity contribution in [2.24, 2.45) is 5.73 Å². The Balaban J connectivity index is 2.16. The van der Waals surface area contributed by atoms with E-state index in [9.17, 15) is 4.39 Å². The number of hydrogen-bond acceptors (Lipinski definition) is 2. The lowest BCUT2D eigenvalue weighted by atomic mass is 10.1. The van der Waals surface area contributed by atoms with E-state index < -0.39 is 5.82 Å². The Bertz CT molecular complexity index is 602. The van der Waals surface area contributed by atoms with Crippen molar-refractivity contribution in [2.75, 3.05) is 0 Å². The lowest BCUT2D eigenvalue weighted by Gasteiger charge is -2.10. The topological polar surface area (TPSA) is 35.2 Å². The molecule has 0 aromatic heterocycles. The molecule has 2 rings (SSSR count). The molecule has 0 aliphatic carbocycles. The fraction of sp³-hybridized carbons (Fsp3) is 0.200. The number of hydrogen-bond donors (Lipinski definition) is 1. The van der Waals surface area contributed by atoms with Gasteiger partial charge in [-0.05, 0) is 53.0 Å². The Morgan fingerprint density at radius 2 is 1.95 bits per heavy atom. The molecule has 2 nitrogen and oxygen atoms in total. The van der Waals surface area contributed by atoms with E-state index in [0.717, 1.165) is 12.0 Å². The first kappa shape index (κ1) is 15.3. The highest BCUT2D eigenvalue weighted by atomic mass is 79.9.